The van der Waals surface area contributed by atoms with Crippen LogP contribution in [0.2, 0.25) is 0 Å². The van der Waals surface area contributed by atoms with Gasteiger partial charge < -0.3 is 11.1 Å². The van der Waals surface area contributed by atoms with Crippen molar-refractivity contribution >= 4 is 38.3 Å². The molecule has 0 radical (unpaired) electrons. The predicted octanol–water partition coefficient (Wildman–Crippen LogP) is 2.52. The van der Waals surface area contributed by atoms with Crippen LogP contribution in [0.15, 0.2) is 71.8 Å². The summed E-state index contributed by atoms with van der Waals surface area (Å²) >= 11 is 0. The molecule has 224 valence electrons. The highest BCUT2D eigenvalue weighted by Gasteiger charge is 2.26. The van der Waals surface area contributed by atoms with Crippen molar-refractivity contribution in [1.82, 2.24) is 33.8 Å². The van der Waals surface area contributed by atoms with Crippen molar-refractivity contribution in [1.29, 1.82) is 0 Å². The number of nitrogens with two attached hydrogens (primary N) is 1. The smallest absolute Gasteiger partial charge is 0.267 e. The van der Waals surface area contributed by atoms with E-state index in [1.54, 1.807) is 55.7 Å². The van der Waals surface area contributed by atoms with E-state index in [-0.39, 0.29) is 22.9 Å². The summed E-state index contributed by atoms with van der Waals surface area (Å²) in [6, 6.07) is 15.4. The highest BCUT2D eigenvalue weighted by molar-refractivity contribution is 7.88. The van der Waals surface area contributed by atoms with Gasteiger partial charge in [0.25, 0.3) is 11.5 Å². The summed E-state index contributed by atoms with van der Waals surface area (Å²) in [5.41, 5.74) is 7.73. The lowest BCUT2D eigenvalue weighted by Gasteiger charge is -2.27. The normalized spacial score (nSPS) is 15.1. The summed E-state index contributed by atoms with van der Waals surface area (Å²) in [6.07, 6.45) is 5.65. The van der Waals surface area contributed by atoms with Gasteiger partial charge >= 0.3 is 0 Å². The largest absolute Gasteiger partial charge is 0.381 e. The van der Waals surface area contributed by atoms with Crippen molar-refractivity contribution in [2.75, 3.05) is 25.1 Å². The summed E-state index contributed by atoms with van der Waals surface area (Å²) < 4.78 is 28.1. The first kappa shape index (κ1) is 29.0. The molecule has 1 unspecified atom stereocenters. The van der Waals surface area contributed by atoms with Gasteiger partial charge in [-0.3, -0.25) is 14.2 Å². The third kappa shape index (κ3) is 5.52. The van der Waals surface area contributed by atoms with Gasteiger partial charge in [0.05, 0.1) is 28.9 Å². The highest BCUT2D eigenvalue weighted by atomic mass is 32.2. The molecule has 6 rings (SSSR count). The molecule has 0 spiro atoms. The number of nitrogens with zero attached hydrogens (tertiary/aromatic N) is 6. The first-order valence-corrected chi connectivity index (χ1v) is 15.9. The standard InChI is InChI=1S/C31H30N8O4S/c1-20(34-30(40)26-27(32)36-38-17-7-16-33-29(26)38)28-35-24-11-6-8-22(13-12-21-14-18-37(19-15-21)44(2,42)43)25(24)31(41)39(28)23-9-4-3-5-10-23/h3-11,16-17,20-21H,14-15,18-19H2,1-2H3,(H2,32,36)(H,34,40). The molecule has 1 amide bonds. The fraction of sp³-hybridized carbons (Fsp3) is 0.258. The molecule has 13 heteroatoms. The number of sulfonamides is 1. The highest BCUT2D eigenvalue weighted by Crippen LogP contribution is 2.23. The molecule has 0 saturated carbocycles. The molecule has 2 aromatic carbocycles. The molecule has 1 fully saturated rings. The molecule has 44 heavy (non-hydrogen) atoms. The lowest BCUT2D eigenvalue weighted by atomic mass is 9.98. The van der Waals surface area contributed by atoms with Crippen LogP contribution in [0.4, 0.5) is 5.82 Å². The van der Waals surface area contributed by atoms with E-state index in [0.717, 1.165) is 0 Å². The number of carbonyl (C=O) groups is 1. The second-order valence-electron chi connectivity index (χ2n) is 10.7. The maximum atomic E-state index is 14.2. The van der Waals surface area contributed by atoms with Crippen molar-refractivity contribution in [2.24, 2.45) is 5.92 Å². The minimum Gasteiger partial charge on any atom is -0.381 e. The zero-order chi connectivity index (χ0) is 31.0. The van der Waals surface area contributed by atoms with Crippen LogP contribution >= 0.6 is 0 Å². The molecule has 3 aromatic heterocycles. The Morgan fingerprint density at radius 3 is 2.57 bits per heavy atom. The zero-order valence-electron chi connectivity index (χ0n) is 24.1. The number of nitrogen functional groups attached to an aromatic ring is 1. The minimum atomic E-state index is -3.23. The van der Waals surface area contributed by atoms with Gasteiger partial charge in [-0.05, 0) is 50.1 Å². The van der Waals surface area contributed by atoms with E-state index >= 15 is 0 Å². The Balaban J connectivity index is 1.39. The number of hydrogen-bond donors (Lipinski definition) is 2. The van der Waals surface area contributed by atoms with Crippen molar-refractivity contribution in [2.45, 2.75) is 25.8 Å². The molecule has 12 nitrogen and oxygen atoms in total. The number of piperidine rings is 1. The summed E-state index contributed by atoms with van der Waals surface area (Å²) in [5.74, 6) is 6.30. The number of nitrogens with one attached hydrogen (secondary N) is 1. The predicted molar refractivity (Wildman–Crippen MR) is 167 cm³/mol. The van der Waals surface area contributed by atoms with Crippen LogP contribution in [-0.4, -0.2) is 62.1 Å². The fourth-order valence-electron chi connectivity index (χ4n) is 5.44. The Hall–Kier alpha value is -5.06. The maximum absolute atomic E-state index is 14.2. The number of anilines is 1. The topological polar surface area (TPSA) is 158 Å². The second kappa shape index (κ2) is 11.6. The van der Waals surface area contributed by atoms with Crippen LogP contribution < -0.4 is 16.6 Å². The maximum Gasteiger partial charge on any atom is 0.267 e. The molecule has 4 heterocycles. The molecule has 1 aliphatic heterocycles. The van der Waals surface area contributed by atoms with Crippen molar-refractivity contribution < 1.29 is 13.2 Å². The number of fused-ring (bicyclic) bond motifs is 2. The van der Waals surface area contributed by atoms with Gasteiger partial charge in [-0.25, -0.2) is 27.2 Å². The van der Waals surface area contributed by atoms with Gasteiger partial charge in [0.1, 0.15) is 11.4 Å². The lowest BCUT2D eigenvalue weighted by Crippen LogP contribution is -2.37. The SMILES string of the molecule is CC(NC(=O)c1c(N)nn2cccnc12)c1nc2cccc(C#CC3CCN(S(C)(=O)=O)CC3)c2c(=O)n1-c1ccccc1. The monoisotopic (exact) mass is 610 g/mol. The van der Waals surface area contributed by atoms with Crippen LogP contribution in [-0.2, 0) is 10.0 Å². The number of para-hydroxylation sites is 1. The van der Waals surface area contributed by atoms with Crippen LogP contribution in [0.5, 0.6) is 0 Å². The molecule has 5 aromatic rings. The zero-order valence-corrected chi connectivity index (χ0v) is 25.0. The van der Waals surface area contributed by atoms with Gasteiger partial charge in [0.15, 0.2) is 11.5 Å². The van der Waals surface area contributed by atoms with E-state index in [1.165, 1.54) is 19.6 Å². The third-order valence-electron chi connectivity index (χ3n) is 7.66. The van der Waals surface area contributed by atoms with E-state index in [1.807, 2.05) is 18.2 Å². The van der Waals surface area contributed by atoms with Gasteiger partial charge in [0.2, 0.25) is 10.0 Å². The molecule has 1 saturated heterocycles. The van der Waals surface area contributed by atoms with E-state index < -0.39 is 22.0 Å². The molecular weight excluding hydrogens is 580 g/mol. The number of rotatable bonds is 5. The van der Waals surface area contributed by atoms with Gasteiger partial charge in [-0.1, -0.05) is 36.1 Å². The minimum absolute atomic E-state index is 0.00363. The average Bonchev–Trinajstić information content (AvgIpc) is 3.35. The summed E-state index contributed by atoms with van der Waals surface area (Å²) in [4.78, 5) is 36.8. The van der Waals surface area contributed by atoms with Crippen molar-refractivity contribution in [3.63, 3.8) is 0 Å². The number of amides is 1. The van der Waals surface area contributed by atoms with E-state index in [4.69, 9.17) is 10.7 Å². The number of aromatic nitrogens is 5. The fourth-order valence-corrected chi connectivity index (χ4v) is 6.31. The molecule has 0 aliphatic carbocycles. The van der Waals surface area contributed by atoms with Gasteiger partial charge in [-0.2, -0.15) is 0 Å². The number of benzene rings is 2. The van der Waals surface area contributed by atoms with Crippen molar-refractivity contribution in [3.05, 3.63) is 94.3 Å². The molecule has 1 atom stereocenters. The van der Waals surface area contributed by atoms with E-state index in [9.17, 15) is 18.0 Å². The number of hydrogen-bond acceptors (Lipinski definition) is 8. The van der Waals surface area contributed by atoms with Gasteiger partial charge in [0, 0.05) is 37.0 Å². The Labute approximate surface area is 253 Å². The molecule has 1 aliphatic rings. The van der Waals surface area contributed by atoms with E-state index in [2.05, 4.69) is 27.2 Å². The molecule has 0 bridgehead atoms. The van der Waals surface area contributed by atoms with Crippen LogP contribution in [0.25, 0.3) is 22.2 Å². The van der Waals surface area contributed by atoms with Crippen molar-refractivity contribution in [3.8, 4) is 17.5 Å². The van der Waals surface area contributed by atoms with E-state index in [0.29, 0.717) is 59.6 Å². The summed E-state index contributed by atoms with van der Waals surface area (Å²) in [5, 5.41) is 7.45. The summed E-state index contributed by atoms with van der Waals surface area (Å²) in [6.45, 7) is 2.58. The quantitative estimate of drug-likeness (QED) is 0.288. The molecular formula is C31H30N8O4S. The van der Waals surface area contributed by atoms with Crippen LogP contribution in [0, 0.1) is 17.8 Å². The van der Waals surface area contributed by atoms with Crippen LogP contribution in [0.1, 0.15) is 47.6 Å². The Morgan fingerprint density at radius 1 is 1.09 bits per heavy atom. The lowest BCUT2D eigenvalue weighted by molar-refractivity contribution is 0.0940. The first-order chi connectivity index (χ1) is 21.1. The van der Waals surface area contributed by atoms with Crippen LogP contribution in [0.3, 0.4) is 0 Å². The second-order valence-corrected chi connectivity index (χ2v) is 12.7. The van der Waals surface area contributed by atoms with Gasteiger partial charge in [-0.15, -0.1) is 5.10 Å². The Kier molecular flexibility index (Phi) is 7.62. The third-order valence-corrected chi connectivity index (χ3v) is 8.96. The summed E-state index contributed by atoms with van der Waals surface area (Å²) in [7, 11) is -3.23. The Bertz CT molecular complexity index is 2120. The average molecular weight is 611 g/mol. The molecule has 3 N–H and O–H groups in total. The first-order valence-electron chi connectivity index (χ1n) is 14.1. The number of carbonyl (C=O) groups excluding carboxylic acids is 1. The Morgan fingerprint density at radius 2 is 1.84 bits per heavy atom.